The van der Waals surface area contributed by atoms with Gasteiger partial charge in [-0.05, 0) is 18.9 Å². The van der Waals surface area contributed by atoms with E-state index < -0.39 is 10.7 Å². The molecule has 1 aromatic rings. The number of anilines is 1. The fraction of sp³-hybridized carbons (Fsp3) is 0.500. The number of unbranched alkanes of at least 4 members (excludes halogenated alkanes) is 1. The molecule has 20 heavy (non-hydrogen) atoms. The van der Waals surface area contributed by atoms with Crippen molar-refractivity contribution in [1.82, 2.24) is 0 Å². The van der Waals surface area contributed by atoms with Crippen molar-refractivity contribution in [1.29, 1.82) is 0 Å². The molecule has 1 atom stereocenters. The molecule has 5 nitrogen and oxygen atoms in total. The molecule has 1 N–H and O–H groups in total. The predicted molar refractivity (Wildman–Crippen MR) is 75.0 cm³/mol. The minimum Gasteiger partial charge on any atom is -0.323 e. The number of halogens is 1. The molecule has 0 aliphatic rings. The van der Waals surface area contributed by atoms with Crippen molar-refractivity contribution in [3.05, 3.63) is 34.1 Å². The fourth-order valence-corrected chi connectivity index (χ4v) is 1.93. The van der Waals surface area contributed by atoms with Crippen LogP contribution in [0.25, 0.3) is 0 Å². The van der Waals surface area contributed by atoms with Crippen LogP contribution in [0, 0.1) is 21.8 Å². The quantitative estimate of drug-likeness (QED) is 0.609. The summed E-state index contributed by atoms with van der Waals surface area (Å²) in [5.74, 6) is -1.16. The Morgan fingerprint density at radius 1 is 1.45 bits per heavy atom. The average Bonchev–Trinajstić information content (AvgIpc) is 2.41. The topological polar surface area (TPSA) is 72.2 Å². The van der Waals surface area contributed by atoms with Gasteiger partial charge in [0.25, 0.3) is 5.69 Å². The summed E-state index contributed by atoms with van der Waals surface area (Å²) in [5, 5.41) is 13.1. The second kappa shape index (κ2) is 7.57. The predicted octanol–water partition coefficient (Wildman–Crippen LogP) is 3.89. The van der Waals surface area contributed by atoms with Crippen molar-refractivity contribution >= 4 is 17.3 Å². The van der Waals surface area contributed by atoms with Crippen LogP contribution in [0.5, 0.6) is 0 Å². The lowest BCUT2D eigenvalue weighted by Crippen LogP contribution is -2.23. The first kappa shape index (κ1) is 16.1. The van der Waals surface area contributed by atoms with Crippen molar-refractivity contribution in [2.75, 3.05) is 5.32 Å². The Kier molecular flexibility index (Phi) is 6.09. The minimum atomic E-state index is -0.672. The maximum absolute atomic E-state index is 13.6. The first-order chi connectivity index (χ1) is 9.49. The zero-order valence-electron chi connectivity index (χ0n) is 11.7. The van der Waals surface area contributed by atoms with Gasteiger partial charge in [0.05, 0.1) is 10.6 Å². The van der Waals surface area contributed by atoms with Crippen LogP contribution in [-0.4, -0.2) is 10.8 Å². The smallest absolute Gasteiger partial charge is 0.271 e. The number of carbonyl (C=O) groups excluding carboxylic acids is 1. The summed E-state index contributed by atoms with van der Waals surface area (Å²) < 4.78 is 13.6. The largest absolute Gasteiger partial charge is 0.323 e. The average molecular weight is 282 g/mol. The van der Waals surface area contributed by atoms with E-state index in [0.717, 1.165) is 37.5 Å². The number of carbonyl (C=O) groups is 1. The van der Waals surface area contributed by atoms with Crippen molar-refractivity contribution in [2.45, 2.75) is 39.5 Å². The highest BCUT2D eigenvalue weighted by atomic mass is 19.1. The molecule has 1 amide bonds. The molecule has 110 valence electrons. The van der Waals surface area contributed by atoms with Gasteiger partial charge >= 0.3 is 0 Å². The fourth-order valence-electron chi connectivity index (χ4n) is 1.93. The van der Waals surface area contributed by atoms with E-state index in [4.69, 9.17) is 0 Å². The van der Waals surface area contributed by atoms with Crippen molar-refractivity contribution < 1.29 is 14.1 Å². The highest BCUT2D eigenvalue weighted by Gasteiger charge is 2.19. The molecule has 0 fully saturated rings. The maximum atomic E-state index is 13.6. The Morgan fingerprint density at radius 2 is 2.15 bits per heavy atom. The monoisotopic (exact) mass is 282 g/mol. The molecule has 6 heteroatoms. The van der Waals surface area contributed by atoms with Gasteiger partial charge in [-0.3, -0.25) is 14.9 Å². The number of rotatable bonds is 7. The number of nitro benzene ring substituents is 1. The second-order valence-corrected chi connectivity index (χ2v) is 4.66. The Labute approximate surface area is 117 Å². The number of non-ortho nitro benzene ring substituents is 1. The van der Waals surface area contributed by atoms with Crippen LogP contribution in [0.1, 0.15) is 39.5 Å². The van der Waals surface area contributed by atoms with Crippen molar-refractivity contribution in [2.24, 2.45) is 5.92 Å². The molecule has 1 aromatic carbocycles. The zero-order valence-corrected chi connectivity index (χ0v) is 11.7. The molecular weight excluding hydrogens is 263 g/mol. The number of benzene rings is 1. The number of nitrogens with zero attached hydrogens (tertiary/aromatic N) is 1. The molecule has 0 heterocycles. The summed E-state index contributed by atoms with van der Waals surface area (Å²) in [4.78, 5) is 22.1. The molecule has 0 spiro atoms. The van der Waals surface area contributed by atoms with Gasteiger partial charge in [-0.25, -0.2) is 4.39 Å². The van der Waals surface area contributed by atoms with Crippen LogP contribution in [0.3, 0.4) is 0 Å². The normalized spacial score (nSPS) is 11.9. The summed E-state index contributed by atoms with van der Waals surface area (Å²) in [5.41, 5.74) is -0.387. The van der Waals surface area contributed by atoms with E-state index in [1.807, 2.05) is 13.8 Å². The van der Waals surface area contributed by atoms with Gasteiger partial charge in [0.2, 0.25) is 5.91 Å². The van der Waals surface area contributed by atoms with Crippen LogP contribution in [-0.2, 0) is 4.79 Å². The Morgan fingerprint density at radius 3 is 2.70 bits per heavy atom. The molecule has 0 radical (unpaired) electrons. The lowest BCUT2D eigenvalue weighted by molar-refractivity contribution is -0.384. The second-order valence-electron chi connectivity index (χ2n) is 4.66. The van der Waals surface area contributed by atoms with Gasteiger partial charge in [0.15, 0.2) is 0 Å². The van der Waals surface area contributed by atoms with Crippen molar-refractivity contribution in [3.63, 3.8) is 0 Å². The van der Waals surface area contributed by atoms with E-state index >= 15 is 0 Å². The van der Waals surface area contributed by atoms with Crippen molar-refractivity contribution in [3.8, 4) is 0 Å². The third-order valence-electron chi connectivity index (χ3n) is 3.19. The summed E-state index contributed by atoms with van der Waals surface area (Å²) in [6.45, 7) is 3.93. The van der Waals surface area contributed by atoms with Gasteiger partial charge in [0.1, 0.15) is 5.82 Å². The Bertz CT molecular complexity index is 491. The Hall–Kier alpha value is -1.98. The Balaban J connectivity index is 2.83. The zero-order chi connectivity index (χ0) is 15.1. The van der Waals surface area contributed by atoms with Gasteiger partial charge < -0.3 is 5.32 Å². The SMILES string of the molecule is CCCC[C@H](CC)C(=O)Nc1cc([N+](=O)[O-])ccc1F. The first-order valence-electron chi connectivity index (χ1n) is 6.74. The third-order valence-corrected chi connectivity index (χ3v) is 3.19. The summed E-state index contributed by atoms with van der Waals surface area (Å²) in [6, 6.07) is 3.10. The number of amides is 1. The minimum absolute atomic E-state index is 0.140. The van der Waals surface area contributed by atoms with E-state index in [9.17, 15) is 19.3 Å². The molecule has 0 aromatic heterocycles. The van der Waals surface area contributed by atoms with Gasteiger partial charge in [-0.15, -0.1) is 0 Å². The van der Waals surface area contributed by atoms with Gasteiger partial charge in [-0.2, -0.15) is 0 Å². The molecule has 0 aliphatic carbocycles. The lowest BCUT2D eigenvalue weighted by atomic mass is 9.98. The molecule has 1 rings (SSSR count). The highest BCUT2D eigenvalue weighted by Crippen LogP contribution is 2.23. The van der Waals surface area contributed by atoms with E-state index in [0.29, 0.717) is 6.42 Å². The van der Waals surface area contributed by atoms with E-state index in [1.165, 1.54) is 0 Å². The summed E-state index contributed by atoms with van der Waals surface area (Å²) in [6.07, 6.45) is 3.29. The third kappa shape index (κ3) is 4.29. The molecule has 0 saturated carbocycles. The highest BCUT2D eigenvalue weighted by molar-refractivity contribution is 5.92. The standard InChI is InChI=1S/C14H19FN2O3/c1-3-5-6-10(4-2)14(18)16-13-9-11(17(19)20)7-8-12(13)15/h7-10H,3-6H2,1-2H3,(H,16,18)/t10-/m0/s1. The van der Waals surface area contributed by atoms with Gasteiger partial charge in [0, 0.05) is 18.1 Å². The summed E-state index contributed by atoms with van der Waals surface area (Å²) >= 11 is 0. The molecule has 0 aliphatic heterocycles. The number of hydrogen-bond donors (Lipinski definition) is 1. The summed E-state index contributed by atoms with van der Waals surface area (Å²) in [7, 11) is 0. The van der Waals surface area contributed by atoms with E-state index in [2.05, 4.69) is 5.32 Å². The van der Waals surface area contributed by atoms with Crippen LogP contribution >= 0.6 is 0 Å². The first-order valence-corrected chi connectivity index (χ1v) is 6.74. The van der Waals surface area contributed by atoms with Crippen LogP contribution < -0.4 is 5.32 Å². The lowest BCUT2D eigenvalue weighted by Gasteiger charge is -2.14. The van der Waals surface area contributed by atoms with Crippen LogP contribution in [0.4, 0.5) is 15.8 Å². The number of nitro groups is 1. The van der Waals surface area contributed by atoms with Gasteiger partial charge in [-0.1, -0.05) is 26.7 Å². The molecule has 0 saturated heterocycles. The van der Waals surface area contributed by atoms with E-state index in [1.54, 1.807) is 0 Å². The van der Waals surface area contributed by atoms with Crippen LogP contribution in [0.15, 0.2) is 18.2 Å². The molecular formula is C14H19FN2O3. The maximum Gasteiger partial charge on any atom is 0.271 e. The molecule has 0 unspecified atom stereocenters. The van der Waals surface area contributed by atoms with Crippen LogP contribution in [0.2, 0.25) is 0 Å². The number of nitrogens with one attached hydrogen (secondary N) is 1. The molecule has 0 bridgehead atoms. The number of hydrogen-bond acceptors (Lipinski definition) is 3. The van der Waals surface area contributed by atoms with E-state index in [-0.39, 0.29) is 23.2 Å².